The predicted molar refractivity (Wildman–Crippen MR) is 92.3 cm³/mol. The Morgan fingerprint density at radius 3 is 2.57 bits per heavy atom. The van der Waals surface area contributed by atoms with Crippen LogP contribution in [-0.2, 0) is 16.0 Å². The highest BCUT2D eigenvalue weighted by Crippen LogP contribution is 2.24. The fourth-order valence-electron chi connectivity index (χ4n) is 1.95. The Bertz CT molecular complexity index is 665. The molecule has 1 aromatic heterocycles. The van der Waals surface area contributed by atoms with Gasteiger partial charge in [-0.05, 0) is 13.3 Å². The van der Waals surface area contributed by atoms with Crippen LogP contribution in [0.3, 0.4) is 0 Å². The van der Waals surface area contributed by atoms with Crippen molar-refractivity contribution in [2.45, 2.75) is 26.7 Å². The Balaban J connectivity index is 1.85. The van der Waals surface area contributed by atoms with Crippen LogP contribution >= 0.6 is 11.3 Å². The molecule has 0 unspecified atom stereocenters. The number of nitrogens with one attached hydrogen (secondary N) is 2. The zero-order valence-corrected chi connectivity index (χ0v) is 14.2. The molecule has 0 aliphatic heterocycles. The number of carbonyl (C=O) groups is 2. The molecule has 2 N–H and O–H groups in total. The molecule has 0 saturated carbocycles. The van der Waals surface area contributed by atoms with Crippen molar-refractivity contribution < 1.29 is 9.59 Å². The fourth-order valence-corrected chi connectivity index (χ4v) is 2.78. The van der Waals surface area contributed by atoms with E-state index in [2.05, 4.69) is 15.6 Å². The molecule has 2 rings (SSSR count). The molecule has 2 aromatic rings. The quantitative estimate of drug-likeness (QED) is 0.818. The van der Waals surface area contributed by atoms with E-state index in [1.807, 2.05) is 43.5 Å². The number of hydrogen-bond acceptors (Lipinski definition) is 4. The van der Waals surface area contributed by atoms with Crippen LogP contribution < -0.4 is 10.6 Å². The number of nitrogens with zero attached hydrogens (tertiary/aromatic N) is 1. The summed E-state index contributed by atoms with van der Waals surface area (Å²) in [7, 11) is 0. The van der Waals surface area contributed by atoms with Gasteiger partial charge in [-0.1, -0.05) is 36.8 Å². The molecule has 0 saturated heterocycles. The Labute approximate surface area is 140 Å². The van der Waals surface area contributed by atoms with Crippen LogP contribution in [0.4, 0.5) is 0 Å². The molecule has 2 amide bonds. The van der Waals surface area contributed by atoms with Crippen LogP contribution in [0, 0.1) is 6.92 Å². The highest BCUT2D eigenvalue weighted by atomic mass is 32.1. The monoisotopic (exact) mass is 331 g/mol. The van der Waals surface area contributed by atoms with Gasteiger partial charge in [0.1, 0.15) is 5.01 Å². The summed E-state index contributed by atoms with van der Waals surface area (Å²) in [6.45, 7) is 4.65. The normalized spacial score (nSPS) is 10.3. The van der Waals surface area contributed by atoms with E-state index < -0.39 is 0 Å². The van der Waals surface area contributed by atoms with Crippen molar-refractivity contribution in [3.63, 3.8) is 0 Å². The molecule has 23 heavy (non-hydrogen) atoms. The van der Waals surface area contributed by atoms with E-state index in [9.17, 15) is 9.59 Å². The van der Waals surface area contributed by atoms with Gasteiger partial charge in [0.05, 0.1) is 18.7 Å². The van der Waals surface area contributed by atoms with Crippen molar-refractivity contribution in [2.24, 2.45) is 0 Å². The van der Waals surface area contributed by atoms with Crippen molar-refractivity contribution in [2.75, 3.05) is 13.1 Å². The average molecular weight is 331 g/mol. The number of aryl methyl sites for hydroxylation is 1. The maximum atomic E-state index is 11.9. The number of thiazole rings is 1. The molecule has 0 bridgehead atoms. The van der Waals surface area contributed by atoms with Gasteiger partial charge in [0.2, 0.25) is 11.8 Å². The molecule has 5 nitrogen and oxygen atoms in total. The molecule has 0 fully saturated rings. The molecule has 0 radical (unpaired) electrons. The SMILES string of the molecule is CCCNC(=O)CNC(=O)Cc1csc(-c2ccc(C)cc2)n1. The van der Waals surface area contributed by atoms with Crippen molar-refractivity contribution in [3.05, 3.63) is 40.9 Å². The van der Waals surface area contributed by atoms with Crippen LogP contribution in [0.25, 0.3) is 10.6 Å². The third-order valence-corrected chi connectivity index (χ3v) is 4.15. The standard InChI is InChI=1S/C17H21N3O2S/c1-3-8-18-16(22)10-19-15(21)9-14-11-23-17(20-14)13-6-4-12(2)5-7-13/h4-7,11H,3,8-10H2,1-2H3,(H,18,22)(H,19,21). The van der Waals surface area contributed by atoms with Gasteiger partial charge in [0.25, 0.3) is 0 Å². The van der Waals surface area contributed by atoms with Crippen LogP contribution in [0.2, 0.25) is 0 Å². The summed E-state index contributed by atoms with van der Waals surface area (Å²) in [6, 6.07) is 8.13. The highest BCUT2D eigenvalue weighted by molar-refractivity contribution is 7.13. The van der Waals surface area contributed by atoms with Gasteiger partial charge < -0.3 is 10.6 Å². The van der Waals surface area contributed by atoms with E-state index in [4.69, 9.17) is 0 Å². The van der Waals surface area contributed by atoms with E-state index >= 15 is 0 Å². The van der Waals surface area contributed by atoms with Gasteiger partial charge in [-0.25, -0.2) is 4.98 Å². The number of hydrogen-bond donors (Lipinski definition) is 2. The first-order chi connectivity index (χ1) is 11.1. The minimum atomic E-state index is -0.197. The van der Waals surface area contributed by atoms with Crippen molar-refractivity contribution >= 4 is 23.2 Å². The number of carbonyl (C=O) groups excluding carboxylic acids is 2. The number of aromatic nitrogens is 1. The minimum absolute atomic E-state index is 0.00773. The van der Waals surface area contributed by atoms with Crippen LogP contribution in [0.15, 0.2) is 29.6 Å². The third kappa shape index (κ3) is 5.49. The van der Waals surface area contributed by atoms with E-state index in [0.29, 0.717) is 6.54 Å². The Morgan fingerprint density at radius 1 is 1.13 bits per heavy atom. The molecule has 0 aliphatic carbocycles. The van der Waals surface area contributed by atoms with E-state index in [1.54, 1.807) is 0 Å². The van der Waals surface area contributed by atoms with Gasteiger partial charge in [-0.15, -0.1) is 11.3 Å². The van der Waals surface area contributed by atoms with Crippen LogP contribution in [0.1, 0.15) is 24.6 Å². The van der Waals surface area contributed by atoms with Gasteiger partial charge in [0.15, 0.2) is 0 Å². The molecule has 1 heterocycles. The van der Waals surface area contributed by atoms with E-state index in [-0.39, 0.29) is 24.8 Å². The molecule has 0 aliphatic rings. The summed E-state index contributed by atoms with van der Waals surface area (Å²) < 4.78 is 0. The first kappa shape index (κ1) is 17.1. The lowest BCUT2D eigenvalue weighted by Crippen LogP contribution is -2.37. The zero-order chi connectivity index (χ0) is 16.7. The average Bonchev–Trinajstić information content (AvgIpc) is 3.00. The summed E-state index contributed by atoms with van der Waals surface area (Å²) >= 11 is 1.52. The van der Waals surface area contributed by atoms with Crippen molar-refractivity contribution in [3.8, 4) is 10.6 Å². The summed E-state index contributed by atoms with van der Waals surface area (Å²) in [5, 5.41) is 8.10. The zero-order valence-electron chi connectivity index (χ0n) is 13.4. The van der Waals surface area contributed by atoms with Gasteiger partial charge in [-0.3, -0.25) is 9.59 Å². The second-order valence-corrected chi connectivity index (χ2v) is 6.17. The second kappa shape index (κ2) is 8.43. The van der Waals surface area contributed by atoms with Gasteiger partial charge >= 0.3 is 0 Å². The summed E-state index contributed by atoms with van der Waals surface area (Å²) in [6.07, 6.45) is 1.06. The Morgan fingerprint density at radius 2 is 1.87 bits per heavy atom. The Hall–Kier alpha value is -2.21. The molecule has 0 atom stereocenters. The molecular formula is C17H21N3O2S. The van der Waals surface area contributed by atoms with Gasteiger partial charge in [-0.2, -0.15) is 0 Å². The lowest BCUT2D eigenvalue weighted by atomic mass is 10.2. The molecule has 122 valence electrons. The third-order valence-electron chi connectivity index (χ3n) is 3.21. The topological polar surface area (TPSA) is 71.1 Å². The van der Waals surface area contributed by atoms with E-state index in [1.165, 1.54) is 16.9 Å². The number of rotatable bonds is 7. The second-order valence-electron chi connectivity index (χ2n) is 5.31. The number of amides is 2. The predicted octanol–water partition coefficient (Wildman–Crippen LogP) is 2.30. The minimum Gasteiger partial charge on any atom is -0.355 e. The van der Waals surface area contributed by atoms with Gasteiger partial charge in [0, 0.05) is 17.5 Å². The summed E-state index contributed by atoms with van der Waals surface area (Å²) in [5.74, 6) is -0.365. The van der Waals surface area contributed by atoms with Crippen molar-refractivity contribution in [1.82, 2.24) is 15.6 Å². The lowest BCUT2D eigenvalue weighted by Gasteiger charge is -2.05. The first-order valence-electron chi connectivity index (χ1n) is 7.63. The molecule has 0 spiro atoms. The van der Waals surface area contributed by atoms with E-state index in [0.717, 1.165) is 22.7 Å². The highest BCUT2D eigenvalue weighted by Gasteiger charge is 2.10. The van der Waals surface area contributed by atoms with Crippen LogP contribution in [-0.4, -0.2) is 29.9 Å². The molecular weight excluding hydrogens is 310 g/mol. The maximum absolute atomic E-state index is 11.9. The first-order valence-corrected chi connectivity index (χ1v) is 8.51. The lowest BCUT2D eigenvalue weighted by molar-refractivity contribution is -0.125. The molecule has 6 heteroatoms. The smallest absolute Gasteiger partial charge is 0.239 e. The van der Waals surface area contributed by atoms with Crippen LogP contribution in [0.5, 0.6) is 0 Å². The molecule has 1 aromatic carbocycles. The summed E-state index contributed by atoms with van der Waals surface area (Å²) in [4.78, 5) is 27.8. The Kier molecular flexibility index (Phi) is 6.29. The summed E-state index contributed by atoms with van der Waals surface area (Å²) in [5.41, 5.74) is 2.97. The number of benzene rings is 1. The fraction of sp³-hybridized carbons (Fsp3) is 0.353. The van der Waals surface area contributed by atoms with Crippen molar-refractivity contribution in [1.29, 1.82) is 0 Å². The largest absolute Gasteiger partial charge is 0.355 e. The maximum Gasteiger partial charge on any atom is 0.239 e.